The minimum absolute atomic E-state index is 0. The molecule has 0 bridgehead atoms. The minimum Gasteiger partial charge on any atom is 0 e. The third-order valence-electron chi connectivity index (χ3n) is 7.26. The zero-order valence-corrected chi connectivity index (χ0v) is 28.8. The maximum Gasteiger partial charge on any atom is 0 e. The Hall–Kier alpha value is -2.49. The number of ether oxygens (including phenoxy) is 1. The number of benzene rings is 2. The van der Waals surface area contributed by atoms with Crippen molar-refractivity contribution in [3.05, 3.63) is 88.7 Å². The number of nitrogens with zero attached hydrogens (tertiary/aromatic N) is 1. The van der Waals surface area contributed by atoms with Crippen LogP contribution in [-0.4, -0.2) is 30.4 Å². The van der Waals surface area contributed by atoms with Crippen LogP contribution in [-0.2, 0) is 24.9 Å². The number of aromatic nitrogens is 1. The number of aliphatic hydroxyl groups is 1. The molecule has 0 fully saturated rings. The molecule has 4 nitrogen and oxygen atoms in total. The molecule has 6 heteroatoms. The first-order valence-corrected chi connectivity index (χ1v) is 15.3. The Morgan fingerprint density at radius 3 is 2.27 bits per heavy atom. The van der Waals surface area contributed by atoms with Gasteiger partial charge < -0.3 is 5.11 Å². The number of carbonyl (C=O) groups is 1. The summed E-state index contributed by atoms with van der Waals surface area (Å²) in [4.78, 5) is 18.7. The van der Waals surface area contributed by atoms with Gasteiger partial charge in [-0.3, -0.25) is 4.79 Å². The van der Waals surface area contributed by atoms with Crippen molar-refractivity contribution in [3.8, 4) is 22.8 Å². The zero-order valence-electron chi connectivity index (χ0n) is 24.7. The zero-order chi connectivity index (χ0) is 28.8. The van der Waals surface area contributed by atoms with Crippen molar-refractivity contribution >= 4 is 29.9 Å². The molecule has 0 aliphatic heterocycles. The second-order valence-corrected chi connectivity index (χ2v) is 13.1. The van der Waals surface area contributed by atoms with Gasteiger partial charge in [0.15, 0.2) is 5.78 Å². The summed E-state index contributed by atoms with van der Waals surface area (Å²) in [5.41, 5.74) is 3.98. The first-order valence-electron chi connectivity index (χ1n) is 13.4. The summed E-state index contributed by atoms with van der Waals surface area (Å²) in [6, 6.07) is 19.9. The van der Waals surface area contributed by atoms with E-state index in [4.69, 9.17) is 4.74 Å². The van der Waals surface area contributed by atoms with Crippen LogP contribution in [0.5, 0.6) is 11.6 Å². The molecular weight excluding hydrogens is 742 g/mol. The Balaban J connectivity index is 0.000000307. The van der Waals surface area contributed by atoms with Crippen LogP contribution >= 0.6 is 0 Å². The van der Waals surface area contributed by atoms with Crippen molar-refractivity contribution in [1.82, 2.24) is 4.98 Å². The van der Waals surface area contributed by atoms with Crippen molar-refractivity contribution in [3.63, 3.8) is 0 Å². The average Bonchev–Trinajstić information content (AvgIpc) is 3.34. The van der Waals surface area contributed by atoms with Gasteiger partial charge in [0.1, 0.15) is 5.76 Å². The molecule has 0 unspecified atom stereocenters. The van der Waals surface area contributed by atoms with Gasteiger partial charge in [0.05, 0.1) is 0 Å². The summed E-state index contributed by atoms with van der Waals surface area (Å²) < 4.78 is 7.45. The summed E-state index contributed by atoms with van der Waals surface area (Å²) in [7, 11) is 0. The predicted octanol–water partition coefficient (Wildman–Crippen LogP) is 9.04. The smallest absolute Gasteiger partial charge is 0 e. The van der Waals surface area contributed by atoms with Crippen LogP contribution < -0.4 is 4.74 Å². The first kappa shape index (κ1) is 33.7. The van der Waals surface area contributed by atoms with Crippen molar-refractivity contribution in [2.75, 3.05) is 0 Å². The molecule has 1 N–H and O–H groups in total. The van der Waals surface area contributed by atoms with E-state index in [0.717, 1.165) is 35.1 Å². The Bertz CT molecular complexity index is 1430. The second-order valence-electron chi connectivity index (χ2n) is 11.2. The molecule has 0 atom stereocenters. The van der Waals surface area contributed by atoms with Gasteiger partial charge in [-0.1, -0.05) is 41.5 Å². The summed E-state index contributed by atoms with van der Waals surface area (Å²) >= 11 is 0.313. The van der Waals surface area contributed by atoms with Gasteiger partial charge in [-0.15, -0.1) is 0 Å². The Labute approximate surface area is 259 Å². The number of fused-ring (bicyclic) bond motifs is 1. The summed E-state index contributed by atoms with van der Waals surface area (Å²) in [5, 5.41) is 11.0. The van der Waals surface area contributed by atoms with Crippen molar-refractivity contribution in [1.29, 1.82) is 0 Å². The number of allylic oxidation sites excluding steroid dienone is 2. The fraction of sp³-hybridized carbons (Fsp3) is 0.353. The van der Waals surface area contributed by atoms with E-state index in [1.165, 1.54) is 21.5 Å². The third-order valence-corrected chi connectivity index (χ3v) is 9.25. The summed E-state index contributed by atoms with van der Waals surface area (Å²) in [5.74, 6) is 1.59. The molecule has 2 aromatic heterocycles. The van der Waals surface area contributed by atoms with Crippen molar-refractivity contribution in [2.45, 2.75) is 68.2 Å². The largest absolute Gasteiger partial charge is 0 e. The van der Waals surface area contributed by atoms with Gasteiger partial charge in [-0.2, -0.15) is 0 Å². The van der Waals surface area contributed by atoms with Gasteiger partial charge in [0.2, 0.25) is 0 Å². The monoisotopic (exact) mass is 783 g/mol. The van der Waals surface area contributed by atoms with E-state index in [0.29, 0.717) is 20.4 Å². The van der Waals surface area contributed by atoms with Gasteiger partial charge >= 0.3 is 147 Å². The topological polar surface area (TPSA) is 59.4 Å². The molecule has 2 aromatic carbocycles. The predicted molar refractivity (Wildman–Crippen MR) is 163 cm³/mol. The molecule has 0 spiro atoms. The fourth-order valence-electron chi connectivity index (χ4n) is 3.75. The molecular formula is C34H40IrNO3Se-. The summed E-state index contributed by atoms with van der Waals surface area (Å²) in [6.07, 6.45) is 4.82. The Morgan fingerprint density at radius 1 is 1.02 bits per heavy atom. The molecule has 40 heavy (non-hydrogen) atoms. The van der Waals surface area contributed by atoms with Crippen molar-refractivity contribution < 1.29 is 34.7 Å². The van der Waals surface area contributed by atoms with Crippen LogP contribution in [0, 0.1) is 30.7 Å². The molecule has 0 amide bonds. The van der Waals surface area contributed by atoms with E-state index in [9.17, 15) is 9.90 Å². The Morgan fingerprint density at radius 2 is 1.68 bits per heavy atom. The number of pyridine rings is 1. The maximum absolute atomic E-state index is 11.8. The van der Waals surface area contributed by atoms with Crippen LogP contribution in [0.25, 0.3) is 20.8 Å². The van der Waals surface area contributed by atoms with Crippen LogP contribution in [0.4, 0.5) is 0 Å². The molecule has 1 radical (unpaired) electrons. The number of ketones is 1. The molecule has 0 saturated carbocycles. The standard InChI is InChI=1S/C21H16NOSe.C13H24O2.Ir/c1-14-10-15(2)12-17(11-14)23-21-20-18(16-6-4-3-5-7-16)13-24-19(20)8-9-22-21;1-7-12(3,4)10(14)9-11(15)13(5,6)8-2;/h3-11,13H,1-2H3;9,14H,7-8H2,1-6H3;/q-1;;/b;10-9-;. The van der Waals surface area contributed by atoms with E-state index in [1.807, 2.05) is 66.8 Å². The minimum atomic E-state index is -0.377. The number of rotatable bonds is 8. The van der Waals surface area contributed by atoms with E-state index in [1.54, 1.807) is 0 Å². The molecule has 0 aliphatic rings. The number of hydrogen-bond donors (Lipinski definition) is 1. The van der Waals surface area contributed by atoms with Gasteiger partial charge in [-0.05, 0) is 12.8 Å². The number of aliphatic hydroxyl groups excluding tert-OH is 1. The van der Waals surface area contributed by atoms with Gasteiger partial charge in [0, 0.05) is 37.0 Å². The van der Waals surface area contributed by atoms with E-state index in [2.05, 4.69) is 59.3 Å². The summed E-state index contributed by atoms with van der Waals surface area (Å²) in [6.45, 7) is 15.7. The fourth-order valence-corrected chi connectivity index (χ4v) is 5.75. The van der Waals surface area contributed by atoms with Crippen LogP contribution in [0.2, 0.25) is 0 Å². The number of hydrogen-bond acceptors (Lipinski definition) is 4. The second kappa shape index (κ2) is 14.4. The SMILES string of the molecule is CCC(C)(C)C(=O)/C=C(\O)C(C)(C)CC.Cc1[c-]c(Oc2nccc3[se]cc(-c4ccccc4)c23)cc(C)c1.[Ir]. The average molecular weight is 782 g/mol. The van der Waals surface area contributed by atoms with Crippen LogP contribution in [0.3, 0.4) is 0 Å². The number of aryl methyl sites for hydroxylation is 2. The van der Waals surface area contributed by atoms with Crippen molar-refractivity contribution in [2.24, 2.45) is 10.8 Å². The molecule has 4 rings (SSSR count). The normalized spacial score (nSPS) is 11.8. The van der Waals surface area contributed by atoms with E-state index in [-0.39, 0.29) is 42.5 Å². The molecule has 0 saturated heterocycles. The quantitative estimate of drug-likeness (QED) is 0.0840. The Kier molecular flexibility index (Phi) is 12.2. The van der Waals surface area contributed by atoms with Gasteiger partial charge in [0.25, 0.3) is 0 Å². The third kappa shape index (κ3) is 8.51. The molecule has 215 valence electrons. The van der Waals surface area contributed by atoms with E-state index >= 15 is 0 Å². The van der Waals surface area contributed by atoms with E-state index < -0.39 is 0 Å². The number of carbonyl (C=O) groups excluding carboxylic acids is 1. The molecule has 2 heterocycles. The molecule has 4 aromatic rings. The molecule has 0 aliphatic carbocycles. The van der Waals surface area contributed by atoms with Gasteiger partial charge in [-0.25, -0.2) is 0 Å². The van der Waals surface area contributed by atoms with Crippen LogP contribution in [0.15, 0.2) is 71.5 Å². The van der Waals surface area contributed by atoms with Crippen LogP contribution in [0.1, 0.15) is 65.5 Å². The first-order chi connectivity index (χ1) is 18.4. The maximum atomic E-state index is 11.8.